The second-order valence-electron chi connectivity index (χ2n) is 3.43. The predicted octanol–water partition coefficient (Wildman–Crippen LogP) is 2.30. The first kappa shape index (κ1) is 10.8. The van der Waals surface area contributed by atoms with Crippen LogP contribution in [-0.2, 0) is 0 Å². The van der Waals surface area contributed by atoms with E-state index in [0.29, 0.717) is 5.13 Å². The first-order chi connectivity index (χ1) is 7.70. The molecule has 0 aliphatic heterocycles. The lowest BCUT2D eigenvalue weighted by molar-refractivity contribution is 0.411. The number of benzene rings is 1. The molecule has 1 N–H and O–H groups in total. The molecule has 0 spiro atoms. The third-order valence-corrected chi connectivity index (χ3v) is 2.79. The molecule has 16 heavy (non-hydrogen) atoms. The van der Waals surface area contributed by atoms with Crippen molar-refractivity contribution >= 4 is 22.4 Å². The molecule has 0 bridgehead atoms. The number of ether oxygens (including phenoxy) is 1. The molecule has 0 aliphatic rings. The molecular weight excluding hydrogens is 224 g/mol. The number of rotatable bonds is 3. The fourth-order valence-electron chi connectivity index (χ4n) is 1.44. The van der Waals surface area contributed by atoms with Crippen LogP contribution in [0.15, 0.2) is 12.1 Å². The third-order valence-electron chi connectivity index (χ3n) is 2.28. The quantitative estimate of drug-likeness (QED) is 0.886. The molecule has 0 aliphatic carbocycles. The summed E-state index contributed by atoms with van der Waals surface area (Å²) in [5, 5.41) is 11.2. The van der Waals surface area contributed by atoms with E-state index in [-0.39, 0.29) is 0 Å². The van der Waals surface area contributed by atoms with Crippen LogP contribution in [0, 0.1) is 13.8 Å². The molecule has 6 heteroatoms. The van der Waals surface area contributed by atoms with E-state index in [1.807, 2.05) is 26.0 Å². The van der Waals surface area contributed by atoms with Gasteiger partial charge in [-0.15, -0.1) is 0 Å². The van der Waals surface area contributed by atoms with Crippen LogP contribution in [0.25, 0.3) is 0 Å². The monoisotopic (exact) mass is 236 g/mol. The summed E-state index contributed by atoms with van der Waals surface area (Å²) < 4.78 is 8.95. The van der Waals surface area contributed by atoms with Crippen LogP contribution in [0.1, 0.15) is 11.1 Å². The Balaban J connectivity index is 2.31. The number of methoxy groups -OCH3 is 1. The Morgan fingerprint density at radius 1 is 1.25 bits per heavy atom. The van der Waals surface area contributed by atoms with Crippen LogP contribution >= 0.6 is 11.5 Å². The minimum Gasteiger partial charge on any atom is -0.496 e. The Bertz CT molecular complexity index is 484. The number of hydrogen-bond acceptors (Lipinski definition) is 6. The summed E-state index contributed by atoms with van der Waals surface area (Å²) in [6, 6.07) is 4.02. The minimum absolute atomic E-state index is 0.688. The normalized spacial score (nSPS) is 10.2. The number of aromatic nitrogens is 3. The highest BCUT2D eigenvalue weighted by Gasteiger charge is 2.06. The average Bonchev–Trinajstić information content (AvgIpc) is 2.75. The van der Waals surface area contributed by atoms with Crippen molar-refractivity contribution in [3.8, 4) is 5.75 Å². The lowest BCUT2D eigenvalue weighted by Crippen LogP contribution is -1.96. The van der Waals surface area contributed by atoms with Gasteiger partial charge in [0.1, 0.15) is 5.75 Å². The van der Waals surface area contributed by atoms with Gasteiger partial charge in [-0.1, -0.05) is 9.59 Å². The molecule has 0 radical (unpaired) electrons. The molecule has 0 unspecified atom stereocenters. The molecule has 0 saturated carbocycles. The van der Waals surface area contributed by atoms with Crippen LogP contribution in [0.3, 0.4) is 0 Å². The molecule has 1 aromatic carbocycles. The summed E-state index contributed by atoms with van der Waals surface area (Å²) >= 11 is 1.23. The number of nitrogens with one attached hydrogen (secondary N) is 1. The standard InChI is InChI=1S/C10H12N4OS/c1-6-5-9(15-3)7(2)4-8(6)11-10-12-13-14-16-10/h4-5H,1-3H3,(H,11,12,14). The molecule has 0 saturated heterocycles. The van der Waals surface area contributed by atoms with Gasteiger partial charge in [-0.3, -0.25) is 0 Å². The minimum atomic E-state index is 0.688. The van der Waals surface area contributed by atoms with E-state index < -0.39 is 0 Å². The smallest absolute Gasteiger partial charge is 0.229 e. The molecule has 1 aromatic heterocycles. The summed E-state index contributed by atoms with van der Waals surface area (Å²) in [4.78, 5) is 0. The summed E-state index contributed by atoms with van der Waals surface area (Å²) in [6.07, 6.45) is 0. The Hall–Kier alpha value is -1.69. The van der Waals surface area contributed by atoms with E-state index in [0.717, 1.165) is 22.6 Å². The average molecular weight is 236 g/mol. The van der Waals surface area contributed by atoms with Gasteiger partial charge in [0.25, 0.3) is 0 Å². The topological polar surface area (TPSA) is 59.9 Å². The zero-order chi connectivity index (χ0) is 11.5. The first-order valence-corrected chi connectivity index (χ1v) is 5.55. The highest BCUT2D eigenvalue weighted by molar-refractivity contribution is 7.09. The summed E-state index contributed by atoms with van der Waals surface area (Å²) in [7, 11) is 1.67. The molecule has 5 nitrogen and oxygen atoms in total. The molecule has 2 aromatic rings. The van der Waals surface area contributed by atoms with Crippen molar-refractivity contribution in [1.29, 1.82) is 0 Å². The summed E-state index contributed by atoms with van der Waals surface area (Å²) in [6.45, 7) is 4.01. The summed E-state index contributed by atoms with van der Waals surface area (Å²) in [5.74, 6) is 0.887. The fraction of sp³-hybridized carbons (Fsp3) is 0.300. The molecule has 1 heterocycles. The Labute approximate surface area is 97.6 Å². The number of aryl methyl sites for hydroxylation is 2. The van der Waals surface area contributed by atoms with Crippen molar-refractivity contribution in [2.75, 3.05) is 12.4 Å². The van der Waals surface area contributed by atoms with E-state index in [1.165, 1.54) is 11.5 Å². The van der Waals surface area contributed by atoms with Gasteiger partial charge in [-0.05, 0) is 42.3 Å². The maximum absolute atomic E-state index is 5.25. The number of nitrogens with zero attached hydrogens (tertiary/aromatic N) is 3. The Morgan fingerprint density at radius 3 is 2.69 bits per heavy atom. The Kier molecular flexibility index (Phi) is 3.00. The SMILES string of the molecule is COc1cc(C)c(Nc2nnns2)cc1C. The van der Waals surface area contributed by atoms with Gasteiger partial charge in [0.2, 0.25) is 5.13 Å². The van der Waals surface area contributed by atoms with Crippen LogP contribution < -0.4 is 10.1 Å². The molecule has 2 rings (SSSR count). The van der Waals surface area contributed by atoms with Crippen LogP contribution in [0.5, 0.6) is 5.75 Å². The van der Waals surface area contributed by atoms with Crippen molar-refractivity contribution in [2.45, 2.75) is 13.8 Å². The highest BCUT2D eigenvalue weighted by Crippen LogP contribution is 2.28. The van der Waals surface area contributed by atoms with Gasteiger partial charge >= 0.3 is 0 Å². The zero-order valence-electron chi connectivity index (χ0n) is 9.31. The van der Waals surface area contributed by atoms with Gasteiger partial charge in [-0.2, -0.15) is 0 Å². The van der Waals surface area contributed by atoms with Crippen LogP contribution in [0.4, 0.5) is 10.8 Å². The van der Waals surface area contributed by atoms with Gasteiger partial charge in [-0.25, -0.2) is 0 Å². The second-order valence-corrected chi connectivity index (χ2v) is 4.16. The second kappa shape index (κ2) is 4.44. The van der Waals surface area contributed by atoms with Gasteiger partial charge in [0, 0.05) is 17.2 Å². The number of anilines is 2. The van der Waals surface area contributed by atoms with E-state index in [1.54, 1.807) is 7.11 Å². The lowest BCUT2D eigenvalue weighted by Gasteiger charge is -2.11. The zero-order valence-corrected chi connectivity index (χ0v) is 10.1. The van der Waals surface area contributed by atoms with E-state index in [4.69, 9.17) is 4.74 Å². The van der Waals surface area contributed by atoms with Crippen molar-refractivity contribution < 1.29 is 4.74 Å². The van der Waals surface area contributed by atoms with Gasteiger partial charge in [0.05, 0.1) is 7.11 Å². The summed E-state index contributed by atoms with van der Waals surface area (Å²) in [5.41, 5.74) is 3.17. The van der Waals surface area contributed by atoms with Crippen molar-refractivity contribution in [1.82, 2.24) is 14.8 Å². The van der Waals surface area contributed by atoms with Gasteiger partial charge < -0.3 is 10.1 Å². The predicted molar refractivity (Wildman–Crippen MR) is 63.5 cm³/mol. The molecule has 0 amide bonds. The molecule has 0 fully saturated rings. The number of hydrogen-bond donors (Lipinski definition) is 1. The van der Waals surface area contributed by atoms with E-state index >= 15 is 0 Å². The fourth-order valence-corrected chi connectivity index (χ4v) is 1.82. The van der Waals surface area contributed by atoms with Crippen molar-refractivity contribution in [2.24, 2.45) is 0 Å². The van der Waals surface area contributed by atoms with E-state index in [2.05, 4.69) is 20.1 Å². The Morgan fingerprint density at radius 2 is 2.06 bits per heavy atom. The maximum Gasteiger partial charge on any atom is 0.229 e. The van der Waals surface area contributed by atoms with Gasteiger partial charge in [0.15, 0.2) is 0 Å². The van der Waals surface area contributed by atoms with Crippen LogP contribution in [0.2, 0.25) is 0 Å². The molecule has 0 atom stereocenters. The maximum atomic E-state index is 5.25. The lowest BCUT2D eigenvalue weighted by atomic mass is 10.1. The van der Waals surface area contributed by atoms with Crippen LogP contribution in [-0.4, -0.2) is 21.9 Å². The molecule has 84 valence electrons. The van der Waals surface area contributed by atoms with Crippen molar-refractivity contribution in [3.63, 3.8) is 0 Å². The highest BCUT2D eigenvalue weighted by atomic mass is 32.1. The van der Waals surface area contributed by atoms with Crippen molar-refractivity contribution in [3.05, 3.63) is 23.3 Å². The third kappa shape index (κ3) is 2.11. The largest absolute Gasteiger partial charge is 0.496 e. The first-order valence-electron chi connectivity index (χ1n) is 4.78. The van der Waals surface area contributed by atoms with E-state index in [9.17, 15) is 0 Å². The molecular formula is C10H12N4OS.